The van der Waals surface area contributed by atoms with Crippen LogP contribution >= 0.6 is 0 Å². The maximum atomic E-state index is 13.2. The van der Waals surface area contributed by atoms with Gasteiger partial charge >= 0.3 is 5.69 Å². The first-order valence-electron chi connectivity index (χ1n) is 10.0. The fraction of sp³-hybridized carbons (Fsp3) is 0.273. The third-order valence-electron chi connectivity index (χ3n) is 6.26. The predicted octanol–water partition coefficient (Wildman–Crippen LogP) is 2.39. The lowest BCUT2D eigenvalue weighted by molar-refractivity contribution is -0.929. The molecule has 3 aliphatic rings. The fourth-order valence-electron chi connectivity index (χ4n) is 4.77. The van der Waals surface area contributed by atoms with E-state index in [4.69, 9.17) is 10.2 Å². The van der Waals surface area contributed by atoms with E-state index in [1.165, 1.54) is 5.56 Å². The lowest BCUT2D eigenvalue weighted by Crippen LogP contribution is -2.58. The average molecular weight is 385 g/mol. The number of benzene rings is 1. The Morgan fingerprint density at radius 2 is 1.83 bits per heavy atom. The molecule has 1 saturated heterocycles. The van der Waals surface area contributed by atoms with E-state index >= 15 is 0 Å². The summed E-state index contributed by atoms with van der Waals surface area (Å²) < 4.78 is 4.13. The van der Waals surface area contributed by atoms with Gasteiger partial charge in [0.2, 0.25) is 0 Å². The van der Waals surface area contributed by atoms with Gasteiger partial charge in [0.1, 0.15) is 25.1 Å². The molecule has 1 spiro atoms. The zero-order chi connectivity index (χ0) is 19.4. The highest BCUT2D eigenvalue weighted by molar-refractivity contribution is 6.10. The van der Waals surface area contributed by atoms with E-state index in [9.17, 15) is 4.79 Å². The van der Waals surface area contributed by atoms with Gasteiger partial charge in [0, 0.05) is 18.8 Å². The van der Waals surface area contributed by atoms with Gasteiger partial charge in [-0.15, -0.1) is 0 Å². The van der Waals surface area contributed by atoms with Crippen molar-refractivity contribution >= 4 is 11.8 Å². The molecule has 6 rings (SSSR count). The van der Waals surface area contributed by atoms with Gasteiger partial charge in [0.25, 0.3) is 0 Å². The van der Waals surface area contributed by atoms with Crippen LogP contribution in [0, 0.1) is 0 Å². The fourth-order valence-corrected chi connectivity index (χ4v) is 4.77. The molecule has 0 bridgehead atoms. The van der Waals surface area contributed by atoms with Crippen molar-refractivity contribution < 1.29 is 4.59 Å². The van der Waals surface area contributed by atoms with E-state index in [2.05, 4.69) is 23.3 Å². The van der Waals surface area contributed by atoms with Gasteiger partial charge < -0.3 is 0 Å². The molecule has 0 radical (unpaired) electrons. The molecule has 7 heteroatoms. The lowest BCUT2D eigenvalue weighted by Gasteiger charge is -2.40. The molecule has 0 saturated carbocycles. The van der Waals surface area contributed by atoms with Gasteiger partial charge in [-0.3, -0.25) is 9.55 Å². The maximum absolute atomic E-state index is 13.2. The first kappa shape index (κ1) is 16.6. The summed E-state index contributed by atoms with van der Waals surface area (Å²) in [5, 5.41) is 9.41. The topological polar surface area (TPSA) is 65.1 Å². The summed E-state index contributed by atoms with van der Waals surface area (Å²) in [6.07, 6.45) is 9.47. The molecule has 3 aliphatic heterocycles. The minimum atomic E-state index is 0.00992. The van der Waals surface area contributed by atoms with Crippen molar-refractivity contribution in [2.45, 2.75) is 24.9 Å². The standard InChI is InChI=1S/C22H21N6O/c29-22-26-20(17-4-2-1-3-5-17)6-7-21(26)25-27(22)19-14-28(15-19)13-18(12-24-28)16-8-10-23-11-9-16/h1-5,8-13,19-20H,6-7,14-15H2/q+1. The van der Waals surface area contributed by atoms with Crippen LogP contribution in [-0.2, 0) is 6.42 Å². The van der Waals surface area contributed by atoms with Crippen LogP contribution in [0.25, 0.3) is 5.57 Å². The van der Waals surface area contributed by atoms with Crippen LogP contribution < -0.4 is 5.69 Å². The van der Waals surface area contributed by atoms with E-state index in [1.807, 2.05) is 41.1 Å². The number of rotatable bonds is 3. The quantitative estimate of drug-likeness (QED) is 0.651. The largest absolute Gasteiger partial charge is 0.347 e. The SMILES string of the molecule is O=c1n(C2C[N+]3(C=C(c4ccncc4)C=N3)C2)nc2n1C(c1ccccc1)CC2. The molecule has 1 fully saturated rings. The van der Waals surface area contributed by atoms with Gasteiger partial charge in [-0.05, 0) is 29.7 Å². The smallest absolute Gasteiger partial charge is 0.271 e. The normalized spacial score (nSPS) is 27.1. The summed E-state index contributed by atoms with van der Waals surface area (Å²) >= 11 is 0. The Hall–Kier alpha value is -3.32. The van der Waals surface area contributed by atoms with Gasteiger partial charge in [-0.25, -0.2) is 4.79 Å². The van der Waals surface area contributed by atoms with E-state index in [0.717, 1.165) is 42.9 Å². The molecule has 0 aliphatic carbocycles. The van der Waals surface area contributed by atoms with Gasteiger partial charge in [0.05, 0.1) is 17.8 Å². The highest BCUT2D eigenvalue weighted by Gasteiger charge is 2.49. The van der Waals surface area contributed by atoms with Crippen LogP contribution in [0.1, 0.15) is 35.5 Å². The van der Waals surface area contributed by atoms with Crippen LogP contribution in [0.15, 0.2) is 71.0 Å². The van der Waals surface area contributed by atoms with Gasteiger partial charge in [-0.2, -0.15) is 14.4 Å². The summed E-state index contributed by atoms with van der Waals surface area (Å²) in [7, 11) is 0. The third-order valence-corrected chi connectivity index (χ3v) is 6.26. The minimum absolute atomic E-state index is 0.00992. The zero-order valence-corrected chi connectivity index (χ0v) is 15.9. The zero-order valence-electron chi connectivity index (χ0n) is 15.9. The Labute approximate surface area is 167 Å². The Kier molecular flexibility index (Phi) is 3.49. The minimum Gasteiger partial charge on any atom is -0.271 e. The number of nitrogens with zero attached hydrogens (tertiary/aromatic N) is 6. The summed E-state index contributed by atoms with van der Waals surface area (Å²) in [6, 6.07) is 14.4. The Morgan fingerprint density at radius 3 is 2.62 bits per heavy atom. The summed E-state index contributed by atoms with van der Waals surface area (Å²) in [5.41, 5.74) is 3.41. The summed E-state index contributed by atoms with van der Waals surface area (Å²) in [6.45, 7) is 1.52. The lowest BCUT2D eigenvalue weighted by atomic mass is 10.1. The molecule has 0 amide bonds. The molecule has 2 aromatic heterocycles. The highest BCUT2D eigenvalue weighted by atomic mass is 16.2. The van der Waals surface area contributed by atoms with Crippen molar-refractivity contribution in [1.29, 1.82) is 0 Å². The van der Waals surface area contributed by atoms with Crippen LogP contribution in [-0.4, -0.2) is 43.2 Å². The molecule has 1 atom stereocenters. The van der Waals surface area contributed by atoms with Crippen molar-refractivity contribution in [2.24, 2.45) is 5.10 Å². The summed E-state index contributed by atoms with van der Waals surface area (Å²) in [4.78, 5) is 17.2. The van der Waals surface area contributed by atoms with E-state index in [0.29, 0.717) is 4.59 Å². The number of pyridine rings is 1. The number of fused-ring (bicyclic) bond motifs is 1. The van der Waals surface area contributed by atoms with E-state index in [1.54, 1.807) is 17.1 Å². The van der Waals surface area contributed by atoms with E-state index in [-0.39, 0.29) is 17.8 Å². The van der Waals surface area contributed by atoms with Crippen molar-refractivity contribution in [3.8, 4) is 0 Å². The molecule has 0 N–H and O–H groups in total. The summed E-state index contributed by atoms with van der Waals surface area (Å²) in [5.74, 6) is 0.903. The van der Waals surface area contributed by atoms with Crippen molar-refractivity contribution in [3.63, 3.8) is 0 Å². The molecule has 7 nitrogen and oxygen atoms in total. The van der Waals surface area contributed by atoms with Gasteiger partial charge in [0.15, 0.2) is 6.04 Å². The monoisotopic (exact) mass is 385 g/mol. The van der Waals surface area contributed by atoms with E-state index < -0.39 is 0 Å². The molecule has 1 aromatic carbocycles. The van der Waals surface area contributed by atoms with Crippen LogP contribution in [0.4, 0.5) is 0 Å². The molecular formula is C22H21N6O+. The molecule has 3 aromatic rings. The van der Waals surface area contributed by atoms with Crippen molar-refractivity contribution in [2.75, 3.05) is 13.1 Å². The Morgan fingerprint density at radius 1 is 1.03 bits per heavy atom. The first-order chi connectivity index (χ1) is 14.2. The van der Waals surface area contributed by atoms with Crippen LogP contribution in [0.2, 0.25) is 0 Å². The maximum Gasteiger partial charge on any atom is 0.347 e. The second-order valence-corrected chi connectivity index (χ2v) is 8.05. The molecule has 144 valence electrons. The Balaban J connectivity index is 1.25. The second kappa shape index (κ2) is 6.09. The van der Waals surface area contributed by atoms with Gasteiger partial charge in [-0.1, -0.05) is 35.4 Å². The molecular weight excluding hydrogens is 364 g/mol. The molecule has 5 heterocycles. The number of aryl methyl sites for hydroxylation is 1. The molecule has 29 heavy (non-hydrogen) atoms. The molecule has 1 unspecified atom stereocenters. The number of hydrogen-bond acceptors (Lipinski definition) is 4. The average Bonchev–Trinajstić information content (AvgIpc) is 3.43. The first-order valence-corrected chi connectivity index (χ1v) is 10.0. The highest BCUT2D eigenvalue weighted by Crippen LogP contribution is 2.37. The van der Waals surface area contributed by atoms with Crippen molar-refractivity contribution in [1.82, 2.24) is 19.3 Å². The number of hydrogen-bond donors (Lipinski definition) is 0. The van der Waals surface area contributed by atoms with Crippen LogP contribution in [0.5, 0.6) is 0 Å². The Bertz CT molecular complexity index is 1190. The third kappa shape index (κ3) is 2.54. The predicted molar refractivity (Wildman–Crippen MR) is 109 cm³/mol. The van der Waals surface area contributed by atoms with Crippen LogP contribution in [0.3, 0.4) is 0 Å². The second-order valence-electron chi connectivity index (χ2n) is 8.05. The number of aromatic nitrogens is 4. The number of allylic oxidation sites excluding steroid dienone is 1. The van der Waals surface area contributed by atoms with Crippen molar-refractivity contribution in [3.05, 3.63) is 88.5 Å². The number of quaternary nitrogens is 1.